The molecule has 1 aliphatic carbocycles. The number of nitrogens with zero attached hydrogens (tertiary/aromatic N) is 1. The van der Waals surface area contributed by atoms with Crippen molar-refractivity contribution in [3.63, 3.8) is 0 Å². The number of pyridine rings is 1. The van der Waals surface area contributed by atoms with Gasteiger partial charge in [0.25, 0.3) is 0 Å². The Hall–Kier alpha value is -1.62. The van der Waals surface area contributed by atoms with Crippen LogP contribution >= 0.6 is 0 Å². The van der Waals surface area contributed by atoms with E-state index in [1.165, 1.54) is 0 Å². The summed E-state index contributed by atoms with van der Waals surface area (Å²) in [4.78, 5) is 15.3. The molecule has 0 saturated heterocycles. The lowest BCUT2D eigenvalue weighted by atomic mass is 9.87. The molecular formula is C12H17N3O2. The van der Waals surface area contributed by atoms with Crippen LogP contribution in [0.1, 0.15) is 25.7 Å². The van der Waals surface area contributed by atoms with Crippen LogP contribution in [-0.4, -0.2) is 17.0 Å². The number of ether oxygens (including phenoxy) is 1. The number of rotatable bonds is 3. The number of aromatic nitrogens is 1. The van der Waals surface area contributed by atoms with Gasteiger partial charge in [-0.15, -0.1) is 0 Å². The number of hydrogen-bond acceptors (Lipinski definition) is 4. The summed E-state index contributed by atoms with van der Waals surface area (Å²) in [5, 5.41) is 0. The molecule has 2 rings (SSSR count). The summed E-state index contributed by atoms with van der Waals surface area (Å²) in [5.74, 6) is 5.88. The lowest BCUT2D eigenvalue weighted by molar-refractivity contribution is -0.126. The molecule has 3 N–H and O–H groups in total. The predicted octanol–water partition coefficient (Wildman–Crippen LogP) is 1.01. The zero-order valence-corrected chi connectivity index (χ0v) is 9.63. The van der Waals surface area contributed by atoms with Gasteiger partial charge in [0.05, 0.1) is 12.3 Å². The molecule has 5 heteroatoms. The van der Waals surface area contributed by atoms with E-state index in [-0.39, 0.29) is 17.9 Å². The summed E-state index contributed by atoms with van der Waals surface area (Å²) >= 11 is 0. The van der Waals surface area contributed by atoms with E-state index in [1.54, 1.807) is 12.4 Å². The van der Waals surface area contributed by atoms with Gasteiger partial charge in [0.1, 0.15) is 5.75 Å². The molecule has 1 amide bonds. The van der Waals surface area contributed by atoms with Gasteiger partial charge in [-0.1, -0.05) is 0 Å². The number of hydrazine groups is 1. The lowest BCUT2D eigenvalue weighted by Gasteiger charge is -2.27. The molecule has 0 atom stereocenters. The Morgan fingerprint density at radius 3 is 2.76 bits per heavy atom. The van der Waals surface area contributed by atoms with Crippen molar-refractivity contribution in [2.75, 3.05) is 0 Å². The molecule has 1 aromatic heterocycles. The van der Waals surface area contributed by atoms with Crippen molar-refractivity contribution < 1.29 is 9.53 Å². The van der Waals surface area contributed by atoms with Crippen LogP contribution < -0.4 is 16.0 Å². The number of amides is 1. The molecule has 1 aliphatic rings. The number of nitrogens with two attached hydrogens (primary N) is 1. The van der Waals surface area contributed by atoms with Crippen molar-refractivity contribution in [2.24, 2.45) is 11.8 Å². The highest BCUT2D eigenvalue weighted by Crippen LogP contribution is 2.27. The highest BCUT2D eigenvalue weighted by Gasteiger charge is 2.26. The van der Waals surface area contributed by atoms with E-state index in [1.807, 2.05) is 12.1 Å². The van der Waals surface area contributed by atoms with Crippen LogP contribution in [0.2, 0.25) is 0 Å². The van der Waals surface area contributed by atoms with E-state index < -0.39 is 0 Å². The third-order valence-corrected chi connectivity index (χ3v) is 3.12. The summed E-state index contributed by atoms with van der Waals surface area (Å²) in [6, 6.07) is 3.74. The molecule has 0 aromatic carbocycles. The van der Waals surface area contributed by atoms with Crippen LogP contribution in [0.25, 0.3) is 0 Å². The van der Waals surface area contributed by atoms with Gasteiger partial charge in [0.2, 0.25) is 5.91 Å². The number of hydrogen-bond donors (Lipinski definition) is 2. The number of nitrogens with one attached hydrogen (secondary N) is 1. The van der Waals surface area contributed by atoms with E-state index in [0.29, 0.717) is 0 Å². The third kappa shape index (κ3) is 3.17. The molecule has 1 saturated carbocycles. The Labute approximate surface area is 100 Å². The fourth-order valence-electron chi connectivity index (χ4n) is 2.17. The molecule has 1 heterocycles. The van der Waals surface area contributed by atoms with Crippen molar-refractivity contribution in [1.29, 1.82) is 0 Å². The molecule has 92 valence electrons. The molecule has 5 nitrogen and oxygen atoms in total. The lowest BCUT2D eigenvalue weighted by Crippen LogP contribution is -2.38. The largest absolute Gasteiger partial charge is 0.489 e. The van der Waals surface area contributed by atoms with E-state index in [0.717, 1.165) is 31.4 Å². The van der Waals surface area contributed by atoms with Crippen LogP contribution in [-0.2, 0) is 4.79 Å². The monoisotopic (exact) mass is 235 g/mol. The van der Waals surface area contributed by atoms with Crippen molar-refractivity contribution in [2.45, 2.75) is 31.8 Å². The van der Waals surface area contributed by atoms with Crippen LogP contribution in [0.3, 0.4) is 0 Å². The van der Waals surface area contributed by atoms with Crippen LogP contribution in [0.15, 0.2) is 24.5 Å². The minimum atomic E-state index is -0.0650. The highest BCUT2D eigenvalue weighted by molar-refractivity contribution is 5.77. The van der Waals surface area contributed by atoms with Crippen LogP contribution in [0.5, 0.6) is 5.75 Å². The third-order valence-electron chi connectivity index (χ3n) is 3.12. The van der Waals surface area contributed by atoms with Gasteiger partial charge in [-0.3, -0.25) is 15.2 Å². The molecule has 17 heavy (non-hydrogen) atoms. The van der Waals surface area contributed by atoms with Gasteiger partial charge in [0, 0.05) is 12.1 Å². The summed E-state index contributed by atoms with van der Waals surface area (Å²) in [6.07, 6.45) is 7.02. The van der Waals surface area contributed by atoms with E-state index in [2.05, 4.69) is 10.4 Å². The molecular weight excluding hydrogens is 218 g/mol. The smallest absolute Gasteiger partial charge is 0.236 e. The second-order valence-corrected chi connectivity index (χ2v) is 4.29. The maximum absolute atomic E-state index is 11.3. The van der Waals surface area contributed by atoms with E-state index >= 15 is 0 Å². The van der Waals surface area contributed by atoms with Crippen LogP contribution in [0, 0.1) is 5.92 Å². The maximum Gasteiger partial charge on any atom is 0.236 e. The van der Waals surface area contributed by atoms with Gasteiger partial charge in [-0.2, -0.15) is 0 Å². The van der Waals surface area contributed by atoms with Gasteiger partial charge >= 0.3 is 0 Å². The molecule has 0 aliphatic heterocycles. The van der Waals surface area contributed by atoms with Crippen molar-refractivity contribution in [3.05, 3.63) is 24.5 Å². The fraction of sp³-hybridized carbons (Fsp3) is 0.500. The molecule has 0 bridgehead atoms. The second kappa shape index (κ2) is 5.63. The Morgan fingerprint density at radius 1 is 1.41 bits per heavy atom. The first-order valence-corrected chi connectivity index (χ1v) is 5.86. The number of carbonyl (C=O) groups is 1. The van der Waals surface area contributed by atoms with Gasteiger partial charge in [0.15, 0.2) is 0 Å². The predicted molar refractivity (Wildman–Crippen MR) is 62.9 cm³/mol. The van der Waals surface area contributed by atoms with Gasteiger partial charge in [-0.25, -0.2) is 5.84 Å². The first-order valence-electron chi connectivity index (χ1n) is 5.86. The Balaban J connectivity index is 1.82. The van der Waals surface area contributed by atoms with E-state index in [9.17, 15) is 4.79 Å². The topological polar surface area (TPSA) is 77.2 Å². The first-order chi connectivity index (χ1) is 8.29. The molecule has 0 radical (unpaired) electrons. The zero-order chi connectivity index (χ0) is 12.1. The molecule has 1 aromatic rings. The normalized spacial score (nSPS) is 24.1. The summed E-state index contributed by atoms with van der Waals surface area (Å²) in [7, 11) is 0. The maximum atomic E-state index is 11.3. The van der Waals surface area contributed by atoms with Crippen molar-refractivity contribution in [3.8, 4) is 5.75 Å². The minimum absolute atomic E-state index is 0.0359. The van der Waals surface area contributed by atoms with E-state index in [4.69, 9.17) is 10.6 Å². The van der Waals surface area contributed by atoms with Crippen molar-refractivity contribution in [1.82, 2.24) is 10.4 Å². The van der Waals surface area contributed by atoms with Gasteiger partial charge in [-0.05, 0) is 37.8 Å². The average molecular weight is 235 g/mol. The summed E-state index contributed by atoms with van der Waals surface area (Å²) in [5.41, 5.74) is 2.21. The minimum Gasteiger partial charge on any atom is -0.489 e. The SMILES string of the molecule is NNC(=O)C1CCC(Oc2cccnc2)CC1. The standard InChI is InChI=1S/C12H17N3O2/c13-15-12(16)9-3-5-10(6-4-9)17-11-2-1-7-14-8-11/h1-2,7-10H,3-6,13H2,(H,15,16). The van der Waals surface area contributed by atoms with Gasteiger partial charge < -0.3 is 4.74 Å². The quantitative estimate of drug-likeness (QED) is 0.465. The van der Waals surface area contributed by atoms with Crippen molar-refractivity contribution >= 4 is 5.91 Å². The second-order valence-electron chi connectivity index (χ2n) is 4.29. The summed E-state index contributed by atoms with van der Waals surface area (Å²) in [6.45, 7) is 0. The van der Waals surface area contributed by atoms with Crippen LogP contribution in [0.4, 0.5) is 0 Å². The highest BCUT2D eigenvalue weighted by atomic mass is 16.5. The zero-order valence-electron chi connectivity index (χ0n) is 9.63. The average Bonchev–Trinajstić information content (AvgIpc) is 2.40. The Morgan fingerprint density at radius 2 is 2.18 bits per heavy atom. The fourth-order valence-corrected chi connectivity index (χ4v) is 2.17. The molecule has 1 fully saturated rings. The Kier molecular flexibility index (Phi) is 3.93. The number of carbonyl (C=O) groups excluding carboxylic acids is 1. The molecule has 0 unspecified atom stereocenters. The first kappa shape index (κ1) is 11.9. The summed E-state index contributed by atoms with van der Waals surface area (Å²) < 4.78 is 5.79. The molecule has 0 spiro atoms. The Bertz CT molecular complexity index is 361.